The smallest absolute Gasteiger partial charge is 0.341 e. The molecule has 0 bridgehead atoms. The zero-order chi connectivity index (χ0) is 24.9. The molecule has 3 aromatic carbocycles. The first-order valence-electron chi connectivity index (χ1n) is 9.71. The molecule has 176 valence electrons. The summed E-state index contributed by atoms with van der Waals surface area (Å²) >= 11 is 0. The van der Waals surface area contributed by atoms with Gasteiger partial charge in [0.1, 0.15) is 5.82 Å². The Labute approximate surface area is 193 Å². The van der Waals surface area contributed by atoms with Gasteiger partial charge in [-0.25, -0.2) is 17.6 Å². The first-order chi connectivity index (χ1) is 16.1. The predicted molar refractivity (Wildman–Crippen MR) is 120 cm³/mol. The lowest BCUT2D eigenvalue weighted by Crippen LogP contribution is -2.30. The van der Waals surface area contributed by atoms with Gasteiger partial charge in [0, 0.05) is 12.1 Å². The first-order valence-corrected chi connectivity index (χ1v) is 11.2. The van der Waals surface area contributed by atoms with Crippen LogP contribution in [0, 0.1) is 15.9 Å². The van der Waals surface area contributed by atoms with Crippen molar-refractivity contribution in [3.05, 3.63) is 94.3 Å². The molecule has 0 aromatic heterocycles. The molecule has 1 unspecified atom stereocenters. The highest BCUT2D eigenvalue weighted by molar-refractivity contribution is 7.92. The van der Waals surface area contributed by atoms with E-state index in [1.807, 2.05) is 0 Å². The number of non-ortho nitro benzene ring substituents is 1. The van der Waals surface area contributed by atoms with Crippen molar-refractivity contribution in [1.82, 2.24) is 0 Å². The molecular formula is C22H18FN3O7S. The van der Waals surface area contributed by atoms with Crippen LogP contribution in [0.1, 0.15) is 17.3 Å². The van der Waals surface area contributed by atoms with E-state index in [0.717, 1.165) is 24.3 Å². The topological polar surface area (TPSA) is 145 Å². The summed E-state index contributed by atoms with van der Waals surface area (Å²) in [6.07, 6.45) is -1.34. The van der Waals surface area contributed by atoms with Crippen LogP contribution in [0.3, 0.4) is 0 Å². The summed E-state index contributed by atoms with van der Waals surface area (Å²) in [6, 6.07) is 15.3. The van der Waals surface area contributed by atoms with Crippen LogP contribution in [-0.2, 0) is 19.6 Å². The van der Waals surface area contributed by atoms with Gasteiger partial charge in [-0.3, -0.25) is 19.6 Å². The van der Waals surface area contributed by atoms with E-state index in [2.05, 4.69) is 10.0 Å². The van der Waals surface area contributed by atoms with E-state index >= 15 is 0 Å². The lowest BCUT2D eigenvalue weighted by atomic mass is 10.2. The zero-order valence-electron chi connectivity index (χ0n) is 17.6. The van der Waals surface area contributed by atoms with E-state index in [-0.39, 0.29) is 21.8 Å². The molecule has 10 nitrogen and oxygen atoms in total. The molecule has 2 N–H and O–H groups in total. The number of nitrogens with one attached hydrogen (secondary N) is 2. The molecule has 34 heavy (non-hydrogen) atoms. The Morgan fingerprint density at radius 2 is 1.65 bits per heavy atom. The highest BCUT2D eigenvalue weighted by atomic mass is 32.2. The number of anilines is 2. The molecule has 12 heteroatoms. The molecule has 0 radical (unpaired) electrons. The Bertz CT molecular complexity index is 1360. The minimum atomic E-state index is -4.30. The summed E-state index contributed by atoms with van der Waals surface area (Å²) in [4.78, 5) is 34.8. The first kappa shape index (κ1) is 24.3. The molecule has 3 aromatic rings. The van der Waals surface area contributed by atoms with Crippen LogP contribution >= 0.6 is 0 Å². The summed E-state index contributed by atoms with van der Waals surface area (Å²) in [5.41, 5.74) is -0.895. The van der Waals surface area contributed by atoms with Gasteiger partial charge in [0.05, 0.1) is 26.8 Å². The van der Waals surface area contributed by atoms with Crippen LogP contribution in [-0.4, -0.2) is 31.3 Å². The standard InChI is InChI=1S/C22H18FN3O7S/c1-14(21(27)24-20-12-5-3-10-18(20)23)33-22(28)17-9-2-4-11-19(17)25-34(31,32)16-8-6-7-15(13-16)26(29)30/h2-14,25H,1H3,(H,24,27). The third kappa shape index (κ3) is 5.72. The van der Waals surface area contributed by atoms with Gasteiger partial charge in [-0.15, -0.1) is 0 Å². The van der Waals surface area contributed by atoms with Crippen molar-refractivity contribution in [3.8, 4) is 0 Å². The fourth-order valence-electron chi connectivity index (χ4n) is 2.79. The molecule has 0 saturated carbocycles. The Morgan fingerprint density at radius 1 is 1.00 bits per heavy atom. The number of sulfonamides is 1. The number of halogens is 1. The number of carbonyl (C=O) groups is 2. The summed E-state index contributed by atoms with van der Waals surface area (Å²) in [7, 11) is -4.30. The molecule has 0 spiro atoms. The van der Waals surface area contributed by atoms with Gasteiger partial charge in [0.25, 0.3) is 21.6 Å². The van der Waals surface area contributed by atoms with E-state index in [1.54, 1.807) is 0 Å². The molecule has 1 atom stereocenters. The van der Waals surface area contributed by atoms with Crippen LogP contribution in [0.5, 0.6) is 0 Å². The van der Waals surface area contributed by atoms with Crippen LogP contribution < -0.4 is 10.0 Å². The molecule has 0 aliphatic heterocycles. The monoisotopic (exact) mass is 487 g/mol. The zero-order valence-corrected chi connectivity index (χ0v) is 18.4. The van der Waals surface area contributed by atoms with Crippen LogP contribution in [0.4, 0.5) is 21.5 Å². The number of para-hydroxylation sites is 2. The molecule has 0 fully saturated rings. The van der Waals surface area contributed by atoms with Crippen molar-refractivity contribution >= 4 is 39.0 Å². The fourth-order valence-corrected chi connectivity index (χ4v) is 3.91. The maximum Gasteiger partial charge on any atom is 0.341 e. The largest absolute Gasteiger partial charge is 0.449 e. The second-order valence-electron chi connectivity index (χ2n) is 6.92. The predicted octanol–water partition coefficient (Wildman–Crippen LogP) is 3.72. The quantitative estimate of drug-likeness (QED) is 0.280. The van der Waals surface area contributed by atoms with Gasteiger partial charge in [-0.05, 0) is 37.3 Å². The van der Waals surface area contributed by atoms with E-state index in [4.69, 9.17) is 4.74 Å². The summed E-state index contributed by atoms with van der Waals surface area (Å²) < 4.78 is 46.5. The van der Waals surface area contributed by atoms with E-state index < -0.39 is 44.4 Å². The Balaban J connectivity index is 1.77. The number of esters is 1. The highest BCUT2D eigenvalue weighted by Gasteiger charge is 2.24. The number of amides is 1. The maximum atomic E-state index is 13.7. The van der Waals surface area contributed by atoms with E-state index in [1.165, 1.54) is 55.5 Å². The third-order valence-electron chi connectivity index (χ3n) is 4.51. The summed E-state index contributed by atoms with van der Waals surface area (Å²) in [5, 5.41) is 13.2. The summed E-state index contributed by atoms with van der Waals surface area (Å²) in [6.45, 7) is 1.27. The van der Waals surface area contributed by atoms with Crippen LogP contribution in [0.2, 0.25) is 0 Å². The van der Waals surface area contributed by atoms with Gasteiger partial charge in [-0.1, -0.05) is 30.3 Å². The van der Waals surface area contributed by atoms with Gasteiger partial charge < -0.3 is 10.1 Å². The van der Waals surface area contributed by atoms with Crippen molar-refractivity contribution in [2.45, 2.75) is 17.9 Å². The second-order valence-corrected chi connectivity index (χ2v) is 8.60. The van der Waals surface area contributed by atoms with Gasteiger partial charge in [0.2, 0.25) is 0 Å². The van der Waals surface area contributed by atoms with E-state index in [9.17, 15) is 32.5 Å². The van der Waals surface area contributed by atoms with Crippen molar-refractivity contribution < 1.29 is 32.1 Å². The van der Waals surface area contributed by atoms with Gasteiger partial charge in [-0.2, -0.15) is 0 Å². The third-order valence-corrected chi connectivity index (χ3v) is 5.88. The minimum absolute atomic E-state index is 0.0967. The van der Waals surface area contributed by atoms with Crippen LogP contribution in [0.25, 0.3) is 0 Å². The molecule has 1 amide bonds. The number of nitro groups is 1. The van der Waals surface area contributed by atoms with Gasteiger partial charge in [0.15, 0.2) is 6.10 Å². The lowest BCUT2D eigenvalue weighted by molar-refractivity contribution is -0.385. The molecular weight excluding hydrogens is 469 g/mol. The number of hydrogen-bond donors (Lipinski definition) is 2. The minimum Gasteiger partial charge on any atom is -0.449 e. The number of hydrogen-bond acceptors (Lipinski definition) is 7. The number of nitro benzene ring substituents is 1. The number of rotatable bonds is 8. The SMILES string of the molecule is CC(OC(=O)c1ccccc1NS(=O)(=O)c1cccc([N+](=O)[O-])c1)C(=O)Nc1ccccc1F. The fraction of sp³-hybridized carbons (Fsp3) is 0.0909. The summed E-state index contributed by atoms with van der Waals surface area (Å²) in [5.74, 6) is -2.49. The average molecular weight is 487 g/mol. The van der Waals surface area contributed by atoms with E-state index in [0.29, 0.717) is 0 Å². The van der Waals surface area contributed by atoms with Crippen molar-refractivity contribution in [2.24, 2.45) is 0 Å². The van der Waals surface area contributed by atoms with Crippen molar-refractivity contribution in [1.29, 1.82) is 0 Å². The van der Waals surface area contributed by atoms with Crippen LogP contribution in [0.15, 0.2) is 77.7 Å². The van der Waals surface area contributed by atoms with Gasteiger partial charge >= 0.3 is 5.97 Å². The lowest BCUT2D eigenvalue weighted by Gasteiger charge is -2.16. The second kappa shape index (κ2) is 10.1. The molecule has 0 saturated heterocycles. The number of nitrogens with zero attached hydrogens (tertiary/aromatic N) is 1. The molecule has 0 heterocycles. The molecule has 0 aliphatic carbocycles. The van der Waals surface area contributed by atoms with Crippen molar-refractivity contribution in [2.75, 3.05) is 10.0 Å². The number of benzene rings is 3. The maximum absolute atomic E-state index is 13.7. The average Bonchev–Trinajstić information content (AvgIpc) is 2.80. The number of ether oxygens (including phenoxy) is 1. The highest BCUT2D eigenvalue weighted by Crippen LogP contribution is 2.24. The van der Waals surface area contributed by atoms with Crippen molar-refractivity contribution in [3.63, 3.8) is 0 Å². The normalized spacial score (nSPS) is 11.8. The molecule has 3 rings (SSSR count). The Kier molecular flexibility index (Phi) is 7.21. The molecule has 0 aliphatic rings. The Hall–Kier alpha value is -4.32. The Morgan fingerprint density at radius 3 is 2.32 bits per heavy atom. The number of carbonyl (C=O) groups excluding carboxylic acids is 2.